The molecule has 188 valence electrons. The molecular formula is C25H27N5O6. The Kier molecular flexibility index (Phi) is 6.75. The monoisotopic (exact) mass is 493 g/mol. The molecule has 2 aromatic carbocycles. The van der Waals surface area contributed by atoms with Crippen LogP contribution in [0.15, 0.2) is 54.6 Å². The third-order valence-electron chi connectivity index (χ3n) is 6.77. The van der Waals surface area contributed by atoms with Crippen molar-refractivity contribution in [1.29, 1.82) is 5.41 Å². The number of fused-ring (bicyclic) bond motifs is 1. The number of rotatable bonds is 9. The zero-order valence-corrected chi connectivity index (χ0v) is 19.4. The second-order valence-electron chi connectivity index (χ2n) is 8.87. The Hall–Kier alpha value is -4.25. The van der Waals surface area contributed by atoms with E-state index in [0.717, 1.165) is 10.5 Å². The molecule has 4 rings (SSSR count). The summed E-state index contributed by atoms with van der Waals surface area (Å²) in [7, 11) is 0. The number of carbonyl (C=O) groups is 4. The van der Waals surface area contributed by atoms with Gasteiger partial charge in [0, 0.05) is 37.2 Å². The van der Waals surface area contributed by atoms with E-state index < -0.39 is 41.4 Å². The highest BCUT2D eigenvalue weighted by Gasteiger charge is 2.67. The van der Waals surface area contributed by atoms with Crippen LogP contribution in [0.25, 0.3) is 0 Å². The molecule has 2 saturated heterocycles. The van der Waals surface area contributed by atoms with Gasteiger partial charge in [0.15, 0.2) is 0 Å². The SMILES string of the molecule is N=C(N)c1ccc(C2(OC(=O)O)C3C(=O)N(CCc4ccccc4)C(=O)C3CN2CCC(N)=O)cc1. The highest BCUT2D eigenvalue weighted by atomic mass is 16.7. The van der Waals surface area contributed by atoms with Crippen LogP contribution in [0.1, 0.15) is 23.1 Å². The van der Waals surface area contributed by atoms with Crippen molar-refractivity contribution in [1.82, 2.24) is 9.80 Å². The molecule has 2 aromatic rings. The van der Waals surface area contributed by atoms with Gasteiger partial charge in [-0.3, -0.25) is 29.6 Å². The molecule has 2 heterocycles. The van der Waals surface area contributed by atoms with Crippen molar-refractivity contribution in [2.45, 2.75) is 18.6 Å². The Morgan fingerprint density at radius 2 is 1.69 bits per heavy atom. The van der Waals surface area contributed by atoms with E-state index in [1.807, 2.05) is 30.3 Å². The number of carboxylic acid groups (broad SMARTS) is 1. The number of amides is 3. The first kappa shape index (κ1) is 24.9. The van der Waals surface area contributed by atoms with Crippen LogP contribution in [-0.2, 0) is 31.3 Å². The first-order valence-electron chi connectivity index (χ1n) is 11.4. The smallest absolute Gasteiger partial charge is 0.450 e. The maximum atomic E-state index is 13.7. The van der Waals surface area contributed by atoms with E-state index in [4.69, 9.17) is 21.6 Å². The van der Waals surface area contributed by atoms with E-state index in [1.165, 1.54) is 29.2 Å². The minimum Gasteiger partial charge on any atom is -0.450 e. The van der Waals surface area contributed by atoms with Gasteiger partial charge in [0.2, 0.25) is 23.4 Å². The second kappa shape index (κ2) is 9.78. The van der Waals surface area contributed by atoms with Crippen molar-refractivity contribution in [3.05, 3.63) is 71.3 Å². The van der Waals surface area contributed by atoms with E-state index in [-0.39, 0.29) is 37.5 Å². The first-order valence-corrected chi connectivity index (χ1v) is 11.4. The van der Waals surface area contributed by atoms with Crippen molar-refractivity contribution in [3.63, 3.8) is 0 Å². The zero-order valence-electron chi connectivity index (χ0n) is 19.4. The fourth-order valence-corrected chi connectivity index (χ4v) is 5.16. The predicted molar refractivity (Wildman–Crippen MR) is 127 cm³/mol. The average Bonchev–Trinajstić information content (AvgIpc) is 3.29. The van der Waals surface area contributed by atoms with Crippen molar-refractivity contribution < 1.29 is 29.0 Å². The fourth-order valence-electron chi connectivity index (χ4n) is 5.16. The Morgan fingerprint density at radius 1 is 1.03 bits per heavy atom. The van der Waals surface area contributed by atoms with Crippen LogP contribution in [0, 0.1) is 17.2 Å². The second-order valence-corrected chi connectivity index (χ2v) is 8.87. The maximum Gasteiger partial charge on any atom is 0.507 e. The molecule has 2 fully saturated rings. The standard InChI is InChI=1S/C25H27N5O6/c26-19(31)11-12-29-14-18-20(23(33)30(22(18)32)13-10-15-4-2-1-3-5-15)25(29,36-24(34)35)17-8-6-16(7-9-17)21(27)28/h1-9,18,20H,10-14H2,(H2,26,31)(H3,27,28)(H,34,35). The molecule has 3 unspecified atom stereocenters. The number of hydrogen-bond donors (Lipinski definition) is 4. The lowest BCUT2D eigenvalue weighted by Crippen LogP contribution is -2.53. The maximum absolute atomic E-state index is 13.7. The number of likely N-dealkylation sites (tertiary alicyclic amines) is 2. The minimum atomic E-state index is -1.87. The van der Waals surface area contributed by atoms with Gasteiger partial charge in [-0.2, -0.15) is 0 Å². The van der Waals surface area contributed by atoms with Crippen molar-refractivity contribution in [2.24, 2.45) is 23.3 Å². The van der Waals surface area contributed by atoms with Crippen LogP contribution in [-0.4, -0.2) is 64.3 Å². The summed E-state index contributed by atoms with van der Waals surface area (Å²) < 4.78 is 5.48. The number of hydrogen-bond acceptors (Lipinski definition) is 7. The lowest BCUT2D eigenvalue weighted by atomic mass is 9.84. The molecule has 2 aliphatic rings. The van der Waals surface area contributed by atoms with Crippen LogP contribution < -0.4 is 11.5 Å². The Morgan fingerprint density at radius 3 is 2.28 bits per heavy atom. The minimum absolute atomic E-state index is 0.00605. The molecule has 0 saturated carbocycles. The summed E-state index contributed by atoms with van der Waals surface area (Å²) in [6, 6.07) is 15.5. The predicted octanol–water partition coefficient (Wildman–Crippen LogP) is 0.853. The molecule has 36 heavy (non-hydrogen) atoms. The molecular weight excluding hydrogens is 466 g/mol. The largest absolute Gasteiger partial charge is 0.507 e. The quantitative estimate of drug-likeness (QED) is 0.172. The molecule has 6 N–H and O–H groups in total. The number of nitrogen functional groups attached to an aromatic ring is 1. The van der Waals surface area contributed by atoms with Gasteiger partial charge >= 0.3 is 6.16 Å². The molecule has 3 atom stereocenters. The number of nitrogens with two attached hydrogens (primary N) is 2. The number of carbonyl (C=O) groups excluding carboxylic acids is 3. The number of amidine groups is 1. The average molecular weight is 494 g/mol. The van der Waals surface area contributed by atoms with Gasteiger partial charge in [-0.1, -0.05) is 54.6 Å². The molecule has 0 spiro atoms. The third kappa shape index (κ3) is 4.40. The van der Waals surface area contributed by atoms with Crippen LogP contribution in [0.3, 0.4) is 0 Å². The number of ether oxygens (including phenoxy) is 1. The normalized spacial score (nSPS) is 23.5. The van der Waals surface area contributed by atoms with Crippen LogP contribution in [0.5, 0.6) is 0 Å². The summed E-state index contributed by atoms with van der Waals surface area (Å²) >= 11 is 0. The summed E-state index contributed by atoms with van der Waals surface area (Å²) in [5.74, 6) is -3.80. The summed E-state index contributed by atoms with van der Waals surface area (Å²) in [6.45, 7) is 0.128. The Balaban J connectivity index is 1.75. The van der Waals surface area contributed by atoms with Crippen LogP contribution >= 0.6 is 0 Å². The van der Waals surface area contributed by atoms with E-state index >= 15 is 0 Å². The third-order valence-corrected chi connectivity index (χ3v) is 6.77. The van der Waals surface area contributed by atoms with Gasteiger partial charge in [0.25, 0.3) is 0 Å². The molecule has 2 aliphatic heterocycles. The van der Waals surface area contributed by atoms with Crippen molar-refractivity contribution in [3.8, 4) is 0 Å². The molecule has 3 amide bonds. The fraction of sp³-hybridized carbons (Fsp3) is 0.320. The molecule has 0 radical (unpaired) electrons. The summed E-state index contributed by atoms with van der Waals surface area (Å²) in [5, 5.41) is 17.4. The van der Waals surface area contributed by atoms with Gasteiger partial charge < -0.3 is 21.3 Å². The number of nitrogens with one attached hydrogen (secondary N) is 1. The molecule has 11 nitrogen and oxygen atoms in total. The number of primary amides is 1. The summed E-state index contributed by atoms with van der Waals surface area (Å²) in [6.07, 6.45) is -1.32. The highest BCUT2D eigenvalue weighted by Crippen LogP contribution is 2.51. The van der Waals surface area contributed by atoms with Gasteiger partial charge in [0.1, 0.15) is 11.8 Å². The summed E-state index contributed by atoms with van der Waals surface area (Å²) in [4.78, 5) is 53.3. The van der Waals surface area contributed by atoms with Gasteiger partial charge in [0.05, 0.1) is 5.92 Å². The highest BCUT2D eigenvalue weighted by molar-refractivity contribution is 6.06. The number of imide groups is 1. The number of benzene rings is 2. The summed E-state index contributed by atoms with van der Waals surface area (Å²) in [5.41, 5.74) is 10.7. The lowest BCUT2D eigenvalue weighted by molar-refractivity contribution is -0.161. The van der Waals surface area contributed by atoms with E-state index in [0.29, 0.717) is 12.0 Å². The molecule has 11 heteroatoms. The zero-order chi connectivity index (χ0) is 26.0. The van der Waals surface area contributed by atoms with Crippen LogP contribution in [0.4, 0.5) is 4.79 Å². The topological polar surface area (TPSA) is 180 Å². The van der Waals surface area contributed by atoms with E-state index in [9.17, 15) is 24.3 Å². The van der Waals surface area contributed by atoms with Crippen molar-refractivity contribution in [2.75, 3.05) is 19.6 Å². The number of nitrogens with zero attached hydrogens (tertiary/aromatic N) is 2. The van der Waals surface area contributed by atoms with Gasteiger partial charge in [-0.25, -0.2) is 4.79 Å². The van der Waals surface area contributed by atoms with Crippen molar-refractivity contribution >= 4 is 29.7 Å². The molecule has 0 aliphatic carbocycles. The van der Waals surface area contributed by atoms with Gasteiger partial charge in [-0.15, -0.1) is 0 Å². The van der Waals surface area contributed by atoms with Crippen LogP contribution in [0.2, 0.25) is 0 Å². The first-order chi connectivity index (χ1) is 17.1. The Bertz CT molecular complexity index is 1200. The molecule has 0 bridgehead atoms. The van der Waals surface area contributed by atoms with E-state index in [1.54, 1.807) is 0 Å². The lowest BCUT2D eigenvalue weighted by Gasteiger charge is -2.40. The van der Waals surface area contributed by atoms with E-state index in [2.05, 4.69) is 0 Å². The molecule has 0 aromatic heterocycles. The van der Waals surface area contributed by atoms with Gasteiger partial charge in [-0.05, 0) is 12.0 Å². The Labute approximate surface area is 207 Å².